The van der Waals surface area contributed by atoms with Gasteiger partial charge in [0.15, 0.2) is 11.5 Å². The Kier molecular flexibility index (Phi) is 4.44. The molecule has 0 saturated heterocycles. The van der Waals surface area contributed by atoms with Crippen molar-refractivity contribution in [1.29, 1.82) is 5.26 Å². The lowest BCUT2D eigenvalue weighted by molar-refractivity contribution is -0.113. The topological polar surface area (TPSA) is 80.9 Å². The Morgan fingerprint density at radius 1 is 1.21 bits per heavy atom. The van der Waals surface area contributed by atoms with Crippen molar-refractivity contribution in [3.05, 3.63) is 62.6 Å². The third-order valence-corrected chi connectivity index (χ3v) is 5.38. The zero-order chi connectivity index (χ0) is 20.0. The third-order valence-electron chi connectivity index (χ3n) is 4.79. The molecule has 0 spiro atoms. The summed E-state index contributed by atoms with van der Waals surface area (Å²) < 4.78 is 17.5. The van der Waals surface area contributed by atoms with E-state index in [0.717, 1.165) is 16.7 Å². The van der Waals surface area contributed by atoms with E-state index in [1.807, 2.05) is 43.3 Å². The maximum Gasteiger partial charge on any atom is 0.291 e. The van der Waals surface area contributed by atoms with Crippen molar-refractivity contribution < 1.29 is 19.0 Å². The van der Waals surface area contributed by atoms with E-state index in [-0.39, 0.29) is 11.5 Å². The first-order chi connectivity index (χ1) is 13.5. The zero-order valence-electron chi connectivity index (χ0n) is 15.4. The summed E-state index contributed by atoms with van der Waals surface area (Å²) in [5.74, 6) is 0.907. The molecule has 1 amide bonds. The minimum Gasteiger partial charge on any atom is -0.493 e. The van der Waals surface area contributed by atoms with Gasteiger partial charge in [-0.3, -0.25) is 4.79 Å². The van der Waals surface area contributed by atoms with Crippen LogP contribution in [-0.4, -0.2) is 26.0 Å². The molecule has 140 valence electrons. The van der Waals surface area contributed by atoms with Gasteiger partial charge in [-0.2, -0.15) is 10.3 Å². The van der Waals surface area contributed by atoms with E-state index in [1.54, 1.807) is 14.2 Å². The summed E-state index contributed by atoms with van der Waals surface area (Å²) in [6.07, 6.45) is 0. The Hall–Kier alpha value is -3.11. The number of amides is 1. The van der Waals surface area contributed by atoms with Gasteiger partial charge in [0.05, 0.1) is 24.3 Å². The van der Waals surface area contributed by atoms with Gasteiger partial charge in [-0.1, -0.05) is 12.1 Å². The predicted molar refractivity (Wildman–Crippen MR) is 106 cm³/mol. The van der Waals surface area contributed by atoms with Gasteiger partial charge < -0.3 is 14.2 Å². The van der Waals surface area contributed by atoms with Gasteiger partial charge in [0, 0.05) is 11.5 Å². The molecule has 28 heavy (non-hydrogen) atoms. The van der Waals surface area contributed by atoms with Crippen molar-refractivity contribution in [3.8, 4) is 23.3 Å². The van der Waals surface area contributed by atoms with Crippen molar-refractivity contribution >= 4 is 27.7 Å². The van der Waals surface area contributed by atoms with Gasteiger partial charge in [-0.05, 0) is 52.2 Å². The fourth-order valence-electron chi connectivity index (χ4n) is 3.56. The normalized spacial score (nSPS) is 17.3. The number of halogens is 1. The van der Waals surface area contributed by atoms with Crippen LogP contribution in [0.25, 0.3) is 0 Å². The van der Waals surface area contributed by atoms with Crippen LogP contribution in [0.1, 0.15) is 22.6 Å². The molecule has 2 heterocycles. The van der Waals surface area contributed by atoms with Gasteiger partial charge in [0.1, 0.15) is 17.4 Å². The average molecular weight is 439 g/mol. The number of carbonyl (C=O) groups excluding carboxylic acids is 1. The van der Waals surface area contributed by atoms with Crippen molar-refractivity contribution in [2.75, 3.05) is 14.2 Å². The van der Waals surface area contributed by atoms with Crippen molar-refractivity contribution in [1.82, 2.24) is 0 Å². The lowest BCUT2D eigenvalue weighted by Crippen LogP contribution is -2.24. The third kappa shape index (κ3) is 2.69. The molecule has 6 nitrogen and oxygen atoms in total. The lowest BCUT2D eigenvalue weighted by Gasteiger charge is -2.29. The largest absolute Gasteiger partial charge is 0.493 e. The van der Waals surface area contributed by atoms with Crippen LogP contribution in [0, 0.1) is 18.3 Å². The molecule has 2 aromatic carbocycles. The van der Waals surface area contributed by atoms with E-state index in [0.29, 0.717) is 27.3 Å². The fourth-order valence-corrected chi connectivity index (χ4v) is 4.18. The summed E-state index contributed by atoms with van der Waals surface area (Å²) >= 11 is 3.52. The fraction of sp³-hybridized carbons (Fsp3) is 0.190. The minimum atomic E-state index is -0.582. The second-order valence-corrected chi connectivity index (χ2v) is 7.29. The van der Waals surface area contributed by atoms with Gasteiger partial charge >= 0.3 is 0 Å². The number of hydrogen-bond acceptors (Lipinski definition) is 5. The van der Waals surface area contributed by atoms with Crippen LogP contribution in [0.4, 0.5) is 0 Å². The predicted octanol–water partition coefficient (Wildman–Crippen LogP) is 4.06. The molecule has 0 aliphatic carbocycles. The maximum absolute atomic E-state index is 12.3. The first-order valence-electron chi connectivity index (χ1n) is 8.46. The Morgan fingerprint density at radius 2 is 2.00 bits per heavy atom. The minimum absolute atomic E-state index is 0.00266. The van der Waals surface area contributed by atoms with Crippen molar-refractivity contribution in [2.45, 2.75) is 12.8 Å². The Labute approximate surface area is 170 Å². The number of carbonyl (C=O) groups is 1. The highest BCUT2D eigenvalue weighted by atomic mass is 79.9. The number of nitriles is 1. The van der Waals surface area contributed by atoms with Gasteiger partial charge in [-0.15, -0.1) is 0 Å². The average Bonchev–Trinajstić information content (AvgIpc) is 2.99. The quantitative estimate of drug-likeness (QED) is 0.721. The number of benzene rings is 2. The molecule has 0 N–H and O–H groups in total. The van der Waals surface area contributed by atoms with Crippen molar-refractivity contribution in [3.63, 3.8) is 0 Å². The van der Waals surface area contributed by atoms with Crippen LogP contribution in [0.2, 0.25) is 0 Å². The first kappa shape index (κ1) is 18.3. The Morgan fingerprint density at radius 3 is 2.68 bits per heavy atom. The Balaban J connectivity index is 2.02. The second-order valence-electron chi connectivity index (χ2n) is 6.44. The van der Waals surface area contributed by atoms with Crippen LogP contribution in [-0.2, 0) is 4.79 Å². The molecule has 2 aliphatic heterocycles. The van der Waals surface area contributed by atoms with Crippen molar-refractivity contribution in [2.24, 2.45) is 4.99 Å². The van der Waals surface area contributed by atoms with E-state index in [4.69, 9.17) is 14.2 Å². The van der Waals surface area contributed by atoms with Gasteiger partial charge in [0.2, 0.25) is 5.90 Å². The lowest BCUT2D eigenvalue weighted by atomic mass is 9.80. The highest BCUT2D eigenvalue weighted by Gasteiger charge is 2.41. The molecule has 0 fully saturated rings. The van der Waals surface area contributed by atoms with E-state index in [9.17, 15) is 10.1 Å². The number of aliphatic imine (C=N–C) groups is 1. The number of fused-ring (bicyclic) bond motifs is 2. The molecule has 1 unspecified atom stereocenters. The van der Waals surface area contributed by atoms with E-state index in [1.165, 1.54) is 0 Å². The summed E-state index contributed by atoms with van der Waals surface area (Å²) in [4.78, 5) is 16.2. The molecule has 0 bridgehead atoms. The number of rotatable bonds is 3. The highest BCUT2D eigenvalue weighted by Crippen LogP contribution is 2.48. The molecule has 1 atom stereocenters. The summed E-state index contributed by atoms with van der Waals surface area (Å²) in [6, 6.07) is 11.5. The number of methoxy groups -OCH3 is 2. The molecule has 2 aromatic rings. The summed E-state index contributed by atoms with van der Waals surface area (Å²) in [6.45, 7) is 1.96. The van der Waals surface area contributed by atoms with Crippen LogP contribution in [0.15, 0.2) is 50.9 Å². The molecule has 0 aromatic heterocycles. The van der Waals surface area contributed by atoms with E-state index < -0.39 is 11.8 Å². The number of hydrogen-bond donors (Lipinski definition) is 0. The summed E-state index contributed by atoms with van der Waals surface area (Å²) in [5.41, 5.74) is 3.16. The van der Waals surface area contributed by atoms with Crippen LogP contribution in [0.3, 0.4) is 0 Å². The number of aryl methyl sites for hydroxylation is 1. The highest BCUT2D eigenvalue weighted by molar-refractivity contribution is 9.10. The maximum atomic E-state index is 12.3. The monoisotopic (exact) mass is 438 g/mol. The standard InChI is InChI=1S/C21H15BrN2O4/c1-10-4-5-12-15(6-10)28-21-18(13(9-23)20(25)24-21)17(12)11-7-14(22)19(27-3)16(8-11)26-2/h4-8,17H,1-3H3. The molecular weight excluding hydrogens is 424 g/mol. The molecule has 7 heteroatoms. The zero-order valence-corrected chi connectivity index (χ0v) is 17.0. The first-order valence-corrected chi connectivity index (χ1v) is 9.25. The summed E-state index contributed by atoms with van der Waals surface area (Å²) in [7, 11) is 3.12. The van der Waals surface area contributed by atoms with Gasteiger partial charge in [-0.25, -0.2) is 0 Å². The second kappa shape index (κ2) is 6.80. The summed E-state index contributed by atoms with van der Waals surface area (Å²) in [5, 5.41) is 9.56. The molecule has 4 rings (SSSR count). The van der Waals surface area contributed by atoms with Gasteiger partial charge in [0.25, 0.3) is 5.91 Å². The number of ether oxygens (including phenoxy) is 3. The smallest absolute Gasteiger partial charge is 0.291 e. The number of nitrogens with zero attached hydrogens (tertiary/aromatic N) is 2. The SMILES string of the molecule is COc1cc(C2C3=C(C#N)C(=O)N=C3Oc3cc(C)ccc32)cc(Br)c1OC. The van der Waals surface area contributed by atoms with Crippen LogP contribution >= 0.6 is 15.9 Å². The van der Waals surface area contributed by atoms with Crippen LogP contribution in [0.5, 0.6) is 17.2 Å². The molecular formula is C21H15BrN2O4. The Bertz CT molecular complexity index is 1130. The molecule has 0 saturated carbocycles. The van der Waals surface area contributed by atoms with E-state index >= 15 is 0 Å². The van der Waals surface area contributed by atoms with Crippen LogP contribution < -0.4 is 14.2 Å². The van der Waals surface area contributed by atoms with E-state index in [2.05, 4.69) is 20.9 Å². The molecule has 2 aliphatic rings. The molecule has 0 radical (unpaired) electrons.